The van der Waals surface area contributed by atoms with Crippen molar-refractivity contribution < 1.29 is 13.6 Å². The molecular formula is C20H22N2O3. The van der Waals surface area contributed by atoms with E-state index in [1.807, 2.05) is 61.2 Å². The van der Waals surface area contributed by atoms with Gasteiger partial charge < -0.3 is 14.2 Å². The minimum Gasteiger partial charge on any atom is -0.468 e. The predicted molar refractivity (Wildman–Crippen MR) is 96.1 cm³/mol. The molecule has 2 aromatic heterocycles. The molecule has 0 bridgehead atoms. The Morgan fingerprint density at radius 3 is 2.20 bits per heavy atom. The number of nitrogens with zero attached hydrogens (tertiary/aromatic N) is 1. The molecule has 0 saturated carbocycles. The van der Waals surface area contributed by atoms with E-state index in [4.69, 9.17) is 8.83 Å². The van der Waals surface area contributed by atoms with E-state index in [-0.39, 0.29) is 12.5 Å². The molecule has 0 aliphatic carbocycles. The zero-order valence-electron chi connectivity index (χ0n) is 14.5. The van der Waals surface area contributed by atoms with Gasteiger partial charge in [-0.1, -0.05) is 12.1 Å². The van der Waals surface area contributed by atoms with Gasteiger partial charge in [-0.2, -0.15) is 0 Å². The second kappa shape index (κ2) is 7.85. The Hall–Kier alpha value is -2.79. The Balaban J connectivity index is 1.67. The lowest BCUT2D eigenvalue weighted by Gasteiger charge is -2.20. The van der Waals surface area contributed by atoms with Crippen molar-refractivity contribution in [1.29, 1.82) is 0 Å². The van der Waals surface area contributed by atoms with Crippen molar-refractivity contribution in [2.75, 3.05) is 11.9 Å². The molecular weight excluding hydrogens is 316 g/mol. The van der Waals surface area contributed by atoms with Gasteiger partial charge in [-0.3, -0.25) is 9.69 Å². The molecule has 3 rings (SSSR count). The lowest BCUT2D eigenvalue weighted by atomic mass is 10.1. The molecule has 0 unspecified atom stereocenters. The van der Waals surface area contributed by atoms with Crippen molar-refractivity contribution in [2.45, 2.75) is 26.9 Å². The first-order chi connectivity index (χ1) is 12.1. The Kier molecular flexibility index (Phi) is 5.36. The molecule has 5 heteroatoms. The van der Waals surface area contributed by atoms with Crippen LogP contribution < -0.4 is 5.32 Å². The van der Waals surface area contributed by atoms with Gasteiger partial charge in [-0.25, -0.2) is 0 Å². The largest absolute Gasteiger partial charge is 0.468 e. The zero-order chi connectivity index (χ0) is 17.6. The SMILES string of the molecule is Cc1ccc(C)c(NC(=O)CN(Cc2ccco2)Cc2ccco2)c1. The predicted octanol–water partition coefficient (Wildman–Crippen LogP) is 4.13. The number of carbonyl (C=O) groups excluding carboxylic acids is 1. The summed E-state index contributed by atoms with van der Waals surface area (Å²) in [5.41, 5.74) is 3.01. The first kappa shape index (κ1) is 17.0. The van der Waals surface area contributed by atoms with Crippen LogP contribution in [0.25, 0.3) is 0 Å². The minimum atomic E-state index is -0.0631. The third-order valence-electron chi connectivity index (χ3n) is 3.95. The van der Waals surface area contributed by atoms with Crippen molar-refractivity contribution in [3.8, 4) is 0 Å². The highest BCUT2D eigenvalue weighted by Crippen LogP contribution is 2.17. The number of aryl methyl sites for hydroxylation is 2. The summed E-state index contributed by atoms with van der Waals surface area (Å²) in [6.45, 7) is 5.31. The van der Waals surface area contributed by atoms with Gasteiger partial charge >= 0.3 is 0 Å². The maximum atomic E-state index is 12.5. The number of carbonyl (C=O) groups is 1. The maximum Gasteiger partial charge on any atom is 0.238 e. The van der Waals surface area contributed by atoms with Gasteiger partial charge in [-0.15, -0.1) is 0 Å². The Morgan fingerprint density at radius 1 is 1.00 bits per heavy atom. The molecule has 0 spiro atoms. The summed E-state index contributed by atoms with van der Waals surface area (Å²) in [4.78, 5) is 14.5. The number of hydrogen-bond donors (Lipinski definition) is 1. The van der Waals surface area contributed by atoms with E-state index < -0.39 is 0 Å². The fourth-order valence-corrected chi connectivity index (χ4v) is 2.68. The van der Waals surface area contributed by atoms with E-state index >= 15 is 0 Å². The minimum absolute atomic E-state index is 0.0631. The zero-order valence-corrected chi connectivity index (χ0v) is 14.5. The van der Waals surface area contributed by atoms with E-state index in [0.29, 0.717) is 13.1 Å². The number of nitrogens with one attached hydrogen (secondary N) is 1. The van der Waals surface area contributed by atoms with Gasteiger partial charge in [0.05, 0.1) is 32.2 Å². The summed E-state index contributed by atoms with van der Waals surface area (Å²) in [6.07, 6.45) is 3.27. The number of benzene rings is 1. The highest BCUT2D eigenvalue weighted by atomic mass is 16.3. The van der Waals surface area contributed by atoms with Crippen LogP contribution in [0.3, 0.4) is 0 Å². The second-order valence-electron chi connectivity index (χ2n) is 6.17. The van der Waals surface area contributed by atoms with Crippen LogP contribution in [0.15, 0.2) is 63.8 Å². The molecule has 0 aliphatic heterocycles. The van der Waals surface area contributed by atoms with Gasteiger partial charge in [0, 0.05) is 5.69 Å². The van der Waals surface area contributed by atoms with Gasteiger partial charge in [0.1, 0.15) is 11.5 Å². The number of furan rings is 2. The van der Waals surface area contributed by atoms with Crippen LogP contribution >= 0.6 is 0 Å². The van der Waals surface area contributed by atoms with Crippen LogP contribution in [-0.4, -0.2) is 17.4 Å². The van der Waals surface area contributed by atoms with E-state index in [1.54, 1.807) is 12.5 Å². The number of amides is 1. The van der Waals surface area contributed by atoms with Gasteiger partial charge in [0.25, 0.3) is 0 Å². The van der Waals surface area contributed by atoms with E-state index in [9.17, 15) is 4.79 Å². The summed E-state index contributed by atoms with van der Waals surface area (Å²) < 4.78 is 10.8. The topological polar surface area (TPSA) is 58.6 Å². The molecule has 0 radical (unpaired) electrons. The van der Waals surface area contributed by atoms with Crippen LogP contribution in [0, 0.1) is 13.8 Å². The molecule has 1 aromatic carbocycles. The number of hydrogen-bond acceptors (Lipinski definition) is 4. The highest BCUT2D eigenvalue weighted by Gasteiger charge is 2.15. The highest BCUT2D eigenvalue weighted by molar-refractivity contribution is 5.93. The van der Waals surface area contributed by atoms with Crippen molar-refractivity contribution >= 4 is 11.6 Å². The van der Waals surface area contributed by atoms with Crippen LogP contribution in [-0.2, 0) is 17.9 Å². The third kappa shape index (κ3) is 4.84. The molecule has 2 heterocycles. The Labute approximate surface area is 147 Å². The summed E-state index contributed by atoms with van der Waals surface area (Å²) in [6, 6.07) is 13.5. The van der Waals surface area contributed by atoms with Crippen LogP contribution in [0.1, 0.15) is 22.6 Å². The second-order valence-corrected chi connectivity index (χ2v) is 6.17. The lowest BCUT2D eigenvalue weighted by Crippen LogP contribution is -2.32. The Bertz CT molecular complexity index is 771. The number of rotatable bonds is 7. The maximum absolute atomic E-state index is 12.5. The average Bonchev–Trinajstić information content (AvgIpc) is 3.25. The molecule has 0 fully saturated rings. The van der Waals surface area contributed by atoms with E-state index in [1.165, 1.54) is 0 Å². The molecule has 0 aliphatic rings. The van der Waals surface area contributed by atoms with Crippen LogP contribution in [0.4, 0.5) is 5.69 Å². The fourth-order valence-electron chi connectivity index (χ4n) is 2.68. The van der Waals surface area contributed by atoms with Crippen molar-refractivity contribution in [2.24, 2.45) is 0 Å². The van der Waals surface area contributed by atoms with Crippen molar-refractivity contribution in [3.63, 3.8) is 0 Å². The lowest BCUT2D eigenvalue weighted by molar-refractivity contribution is -0.117. The van der Waals surface area contributed by atoms with E-state index in [0.717, 1.165) is 28.3 Å². The van der Waals surface area contributed by atoms with Gasteiger partial charge in [-0.05, 0) is 55.3 Å². The molecule has 25 heavy (non-hydrogen) atoms. The smallest absolute Gasteiger partial charge is 0.238 e. The first-order valence-electron chi connectivity index (χ1n) is 8.24. The molecule has 3 aromatic rings. The van der Waals surface area contributed by atoms with E-state index in [2.05, 4.69) is 5.32 Å². The molecule has 130 valence electrons. The standard InChI is InChI=1S/C20H22N2O3/c1-15-7-8-16(2)19(11-15)21-20(23)14-22(12-17-5-3-9-24-17)13-18-6-4-10-25-18/h3-11H,12-14H2,1-2H3,(H,21,23). The van der Waals surface area contributed by atoms with Gasteiger partial charge in [0.15, 0.2) is 0 Å². The molecule has 5 nitrogen and oxygen atoms in total. The first-order valence-corrected chi connectivity index (χ1v) is 8.24. The van der Waals surface area contributed by atoms with Crippen molar-refractivity contribution in [1.82, 2.24) is 4.90 Å². The van der Waals surface area contributed by atoms with Crippen molar-refractivity contribution in [3.05, 3.63) is 77.6 Å². The van der Waals surface area contributed by atoms with Crippen LogP contribution in [0.2, 0.25) is 0 Å². The summed E-state index contributed by atoms with van der Waals surface area (Å²) in [5.74, 6) is 1.56. The summed E-state index contributed by atoms with van der Waals surface area (Å²) in [7, 11) is 0. The molecule has 0 atom stereocenters. The Morgan fingerprint density at radius 2 is 1.64 bits per heavy atom. The quantitative estimate of drug-likeness (QED) is 0.704. The molecule has 1 amide bonds. The average molecular weight is 338 g/mol. The third-order valence-corrected chi connectivity index (χ3v) is 3.95. The normalized spacial score (nSPS) is 11.0. The molecule has 1 N–H and O–H groups in total. The summed E-state index contributed by atoms with van der Waals surface area (Å²) >= 11 is 0. The van der Waals surface area contributed by atoms with Gasteiger partial charge in [0.2, 0.25) is 5.91 Å². The summed E-state index contributed by atoms with van der Waals surface area (Å²) in [5, 5.41) is 3.00. The fraction of sp³-hybridized carbons (Fsp3) is 0.250. The monoisotopic (exact) mass is 338 g/mol. The molecule has 0 saturated heterocycles. The number of anilines is 1. The van der Waals surface area contributed by atoms with Crippen LogP contribution in [0.5, 0.6) is 0 Å².